The fourth-order valence-electron chi connectivity index (χ4n) is 3.68. The van der Waals surface area contributed by atoms with Crippen molar-refractivity contribution in [2.45, 2.75) is 136 Å². The van der Waals surface area contributed by atoms with E-state index >= 15 is 0 Å². The minimum Gasteiger partial charge on any atom is -0.107 e. The van der Waals surface area contributed by atoms with Crippen LogP contribution < -0.4 is 0 Å². The molecule has 0 spiro atoms. The number of hydrogen-bond donors (Lipinski definition) is 0. The number of rotatable bonds is 21. The first-order chi connectivity index (χ1) is 12.3. The van der Waals surface area contributed by atoms with Gasteiger partial charge < -0.3 is 0 Å². The number of unbranched alkanes of at least 4 members (excludes halogenated alkanes) is 15. The van der Waals surface area contributed by atoms with Crippen LogP contribution >= 0.6 is 7.92 Å². The van der Waals surface area contributed by atoms with E-state index in [0.29, 0.717) is 7.92 Å². The summed E-state index contributed by atoms with van der Waals surface area (Å²) in [4.78, 5) is 0. The molecule has 154 valence electrons. The largest absolute Gasteiger partial charge is 0.107 e. The van der Waals surface area contributed by atoms with Gasteiger partial charge in [0.05, 0.1) is 0 Å². The molecule has 0 bridgehead atoms. The molecule has 0 saturated carbocycles. The summed E-state index contributed by atoms with van der Waals surface area (Å²) in [5.41, 5.74) is 0. The van der Waals surface area contributed by atoms with Crippen LogP contribution in [0, 0.1) is 0 Å². The molecular weight excluding hydrogens is 385 g/mol. The van der Waals surface area contributed by atoms with Gasteiger partial charge in [-0.25, -0.2) is 0 Å². The maximum atomic E-state index is 2.32. The molecule has 0 aliphatic rings. The molecule has 0 rings (SSSR count). The van der Waals surface area contributed by atoms with Gasteiger partial charge in [0.1, 0.15) is 0 Å². The van der Waals surface area contributed by atoms with Crippen molar-refractivity contribution in [1.29, 1.82) is 0 Å². The van der Waals surface area contributed by atoms with Gasteiger partial charge in [-0.15, -0.1) is 7.92 Å². The van der Waals surface area contributed by atoms with Gasteiger partial charge in [0.25, 0.3) is 0 Å². The van der Waals surface area contributed by atoms with Crippen LogP contribution in [0.5, 0.6) is 0 Å². The maximum Gasteiger partial charge on any atom is 0 e. The smallest absolute Gasteiger partial charge is 0 e. The van der Waals surface area contributed by atoms with Gasteiger partial charge in [-0.2, -0.15) is 0 Å². The first kappa shape index (κ1) is 29.3. The van der Waals surface area contributed by atoms with E-state index in [2.05, 4.69) is 20.8 Å². The van der Waals surface area contributed by atoms with Crippen molar-refractivity contribution in [2.24, 2.45) is 0 Å². The van der Waals surface area contributed by atoms with E-state index in [0.717, 1.165) is 0 Å². The fourth-order valence-corrected chi connectivity index (χ4v) is 6.37. The van der Waals surface area contributed by atoms with E-state index in [9.17, 15) is 0 Å². The Morgan fingerprint density at radius 3 is 0.846 bits per heavy atom. The van der Waals surface area contributed by atoms with E-state index in [-0.39, 0.29) is 19.5 Å². The topological polar surface area (TPSA) is 0 Å². The quantitative estimate of drug-likeness (QED) is 0.0955. The summed E-state index contributed by atoms with van der Waals surface area (Å²) in [6, 6.07) is 0. The van der Waals surface area contributed by atoms with Gasteiger partial charge in [-0.05, 0) is 37.7 Å². The van der Waals surface area contributed by atoms with Crippen molar-refractivity contribution in [3.8, 4) is 0 Å². The molecule has 0 N–H and O–H groups in total. The maximum absolute atomic E-state index is 2.32. The minimum atomic E-state index is 0. The Kier molecular flexibility index (Phi) is 29.3. The molecule has 0 saturated heterocycles. The van der Waals surface area contributed by atoms with Crippen molar-refractivity contribution in [2.75, 3.05) is 18.5 Å². The first-order valence-electron chi connectivity index (χ1n) is 12.1. The van der Waals surface area contributed by atoms with Crippen LogP contribution in [0.4, 0.5) is 0 Å². The zero-order chi connectivity index (χ0) is 18.4. The van der Waals surface area contributed by atoms with Gasteiger partial charge in [0.2, 0.25) is 0 Å². The van der Waals surface area contributed by atoms with Crippen LogP contribution in [0.1, 0.15) is 136 Å². The molecule has 0 amide bonds. The van der Waals surface area contributed by atoms with Crippen molar-refractivity contribution >= 4 is 7.92 Å². The molecule has 0 aliphatic carbocycles. The molecule has 26 heavy (non-hydrogen) atoms. The second-order valence-electron chi connectivity index (χ2n) is 8.14. The summed E-state index contributed by atoms with van der Waals surface area (Å²) in [6.45, 7) is 6.96. The van der Waals surface area contributed by atoms with E-state index < -0.39 is 0 Å². The molecule has 0 aromatic carbocycles. The van der Waals surface area contributed by atoms with E-state index in [1.54, 1.807) is 18.5 Å². The predicted molar refractivity (Wildman–Crippen MR) is 122 cm³/mol. The predicted octanol–water partition coefficient (Wildman–Crippen LogP) is 9.55. The molecule has 0 unspecified atom stereocenters. The average Bonchev–Trinajstić information content (AvgIpc) is 2.63. The summed E-state index contributed by atoms with van der Waals surface area (Å²) < 4.78 is 0. The van der Waals surface area contributed by atoms with Gasteiger partial charge >= 0.3 is 0 Å². The van der Waals surface area contributed by atoms with Gasteiger partial charge in [-0.1, -0.05) is 117 Å². The third-order valence-corrected chi connectivity index (χ3v) is 8.33. The molecule has 2 heteroatoms. The minimum absolute atomic E-state index is 0. The Labute approximate surface area is 182 Å². The Hall–Kier alpha value is 1.05. The van der Waals surface area contributed by atoms with Gasteiger partial charge in [-0.3, -0.25) is 0 Å². The first-order valence-corrected chi connectivity index (χ1v) is 14.0. The molecule has 0 radical (unpaired) electrons. The number of hydrogen-bond acceptors (Lipinski definition) is 0. The van der Waals surface area contributed by atoms with E-state index in [1.165, 1.54) is 116 Å². The van der Waals surface area contributed by atoms with E-state index in [1.807, 2.05) is 0 Å². The zero-order valence-corrected chi connectivity index (χ0v) is 22.9. The SMILES string of the molecule is CCCCCCCCP(CCCCCCCC)CCCCCCCC.[Zn]. The monoisotopic (exact) mass is 434 g/mol. The molecule has 0 fully saturated rings. The van der Waals surface area contributed by atoms with Crippen LogP contribution in [0.2, 0.25) is 0 Å². The van der Waals surface area contributed by atoms with Crippen LogP contribution in [0.15, 0.2) is 0 Å². The van der Waals surface area contributed by atoms with Crippen molar-refractivity contribution in [3.05, 3.63) is 0 Å². The fraction of sp³-hybridized carbons (Fsp3) is 1.00. The molecule has 0 heterocycles. The molecule has 0 aliphatic heterocycles. The summed E-state index contributed by atoms with van der Waals surface area (Å²) in [5.74, 6) is 0. The molecule has 0 aromatic heterocycles. The summed E-state index contributed by atoms with van der Waals surface area (Å²) in [5, 5.41) is 0. The zero-order valence-electron chi connectivity index (χ0n) is 19.0. The summed E-state index contributed by atoms with van der Waals surface area (Å²) >= 11 is 0. The molecular formula is C24H51PZn. The molecule has 0 aromatic rings. The van der Waals surface area contributed by atoms with Crippen LogP contribution in [-0.2, 0) is 19.5 Å². The van der Waals surface area contributed by atoms with Gasteiger partial charge in [0, 0.05) is 19.5 Å². The van der Waals surface area contributed by atoms with Crippen molar-refractivity contribution < 1.29 is 19.5 Å². The van der Waals surface area contributed by atoms with Crippen molar-refractivity contribution in [1.82, 2.24) is 0 Å². The Morgan fingerprint density at radius 1 is 0.346 bits per heavy atom. The third kappa shape index (κ3) is 23.1. The summed E-state index contributed by atoms with van der Waals surface area (Å²) in [6.07, 6.45) is 31.2. The second-order valence-corrected chi connectivity index (χ2v) is 10.8. The third-order valence-electron chi connectivity index (χ3n) is 5.48. The Balaban J connectivity index is 0. The van der Waals surface area contributed by atoms with Crippen LogP contribution in [0.3, 0.4) is 0 Å². The van der Waals surface area contributed by atoms with E-state index in [4.69, 9.17) is 0 Å². The Bertz CT molecular complexity index is 194. The van der Waals surface area contributed by atoms with Crippen LogP contribution in [-0.4, -0.2) is 18.5 Å². The van der Waals surface area contributed by atoms with Crippen molar-refractivity contribution in [3.63, 3.8) is 0 Å². The normalized spacial score (nSPS) is 11.1. The standard InChI is InChI=1S/C24H51P.Zn/c1-4-7-10-13-16-19-22-25(23-20-17-14-11-8-5-2)24-21-18-15-12-9-6-3;/h4-24H2,1-3H3;. The average molecular weight is 436 g/mol. The van der Waals surface area contributed by atoms with Gasteiger partial charge in [0.15, 0.2) is 0 Å². The Morgan fingerprint density at radius 2 is 0.577 bits per heavy atom. The molecule has 0 atom stereocenters. The molecule has 0 nitrogen and oxygen atoms in total. The second kappa shape index (κ2) is 26.1. The summed E-state index contributed by atoms with van der Waals surface area (Å²) in [7, 11) is 0.366. The van der Waals surface area contributed by atoms with Crippen LogP contribution in [0.25, 0.3) is 0 Å².